The molecule has 1 fully saturated rings. The summed E-state index contributed by atoms with van der Waals surface area (Å²) in [6, 6.07) is 3.00. The zero-order valence-electron chi connectivity index (χ0n) is 10.9. The minimum absolute atomic E-state index is 0.699. The second kappa shape index (κ2) is 4.76. The monoisotopic (exact) mass is 274 g/mol. The number of aromatic nitrogens is 1. The molecule has 4 rings (SSSR count). The van der Waals surface area contributed by atoms with E-state index < -0.39 is 0 Å². The molecular weight excluding hydrogens is 256 g/mol. The predicted octanol–water partition coefficient (Wildman–Crippen LogP) is 3.53. The number of hydrogen-bond acceptors (Lipinski definition) is 4. The molecule has 0 aliphatic heterocycles. The van der Waals surface area contributed by atoms with Gasteiger partial charge in [0, 0.05) is 10.9 Å². The Kier molecular flexibility index (Phi) is 2.93. The van der Waals surface area contributed by atoms with Gasteiger partial charge in [-0.15, -0.1) is 11.3 Å². The highest BCUT2D eigenvalue weighted by atomic mass is 32.1. The number of rotatable bonds is 4. The number of thiophene rings is 1. The van der Waals surface area contributed by atoms with Crippen molar-refractivity contribution < 1.29 is 4.42 Å². The smallest absolute Gasteiger partial charge is 0.208 e. The van der Waals surface area contributed by atoms with Gasteiger partial charge in [-0.2, -0.15) is 0 Å². The Bertz CT molecular complexity index is 559. The molecule has 4 heteroatoms. The van der Waals surface area contributed by atoms with Crippen LogP contribution in [0.15, 0.2) is 16.7 Å². The lowest BCUT2D eigenvalue weighted by atomic mass is 9.99. The molecule has 2 aromatic rings. The van der Waals surface area contributed by atoms with Crippen molar-refractivity contribution in [3.63, 3.8) is 0 Å². The average molecular weight is 274 g/mol. The molecule has 0 bridgehead atoms. The van der Waals surface area contributed by atoms with Crippen LogP contribution < -0.4 is 5.32 Å². The molecule has 0 aromatic carbocycles. The van der Waals surface area contributed by atoms with Gasteiger partial charge in [0.2, 0.25) is 5.89 Å². The Morgan fingerprint density at radius 2 is 2.21 bits per heavy atom. The molecule has 0 saturated heterocycles. The van der Waals surface area contributed by atoms with Gasteiger partial charge in [0.1, 0.15) is 0 Å². The first kappa shape index (κ1) is 11.7. The van der Waals surface area contributed by atoms with Crippen molar-refractivity contribution in [2.75, 3.05) is 0 Å². The number of nitrogens with zero attached hydrogens (tertiary/aromatic N) is 1. The van der Waals surface area contributed by atoms with Gasteiger partial charge in [0.05, 0.1) is 17.6 Å². The summed E-state index contributed by atoms with van der Waals surface area (Å²) in [5.41, 5.74) is 1.53. The summed E-state index contributed by atoms with van der Waals surface area (Å²) < 4.78 is 5.86. The highest BCUT2D eigenvalue weighted by Crippen LogP contribution is 2.36. The van der Waals surface area contributed by atoms with E-state index in [1.165, 1.54) is 49.0 Å². The Morgan fingerprint density at radius 3 is 3.05 bits per heavy atom. The van der Waals surface area contributed by atoms with Crippen molar-refractivity contribution >= 4 is 11.3 Å². The third-order valence-electron chi connectivity index (χ3n) is 3.91. The summed E-state index contributed by atoms with van der Waals surface area (Å²) in [5.74, 6) is 1.75. The Balaban J connectivity index is 1.52. The van der Waals surface area contributed by atoms with Crippen molar-refractivity contribution in [2.45, 2.75) is 51.1 Å². The largest absolute Gasteiger partial charge is 0.438 e. The van der Waals surface area contributed by atoms with Crippen molar-refractivity contribution in [1.82, 2.24) is 10.3 Å². The van der Waals surface area contributed by atoms with E-state index in [0.29, 0.717) is 6.04 Å². The van der Waals surface area contributed by atoms with E-state index in [-0.39, 0.29) is 0 Å². The third kappa shape index (κ3) is 2.47. The molecule has 2 aliphatic carbocycles. The topological polar surface area (TPSA) is 38.1 Å². The Hall–Kier alpha value is -1.13. The van der Waals surface area contributed by atoms with E-state index >= 15 is 0 Å². The number of oxazole rings is 1. The van der Waals surface area contributed by atoms with E-state index in [2.05, 4.69) is 16.4 Å². The maximum Gasteiger partial charge on any atom is 0.208 e. The molecule has 1 N–H and O–H groups in total. The number of aryl methyl sites for hydroxylation is 2. The van der Waals surface area contributed by atoms with Crippen LogP contribution in [0.3, 0.4) is 0 Å². The maximum absolute atomic E-state index is 5.86. The quantitative estimate of drug-likeness (QED) is 0.926. The summed E-state index contributed by atoms with van der Waals surface area (Å²) in [6.45, 7) is 0.760. The van der Waals surface area contributed by atoms with Crippen LogP contribution in [-0.2, 0) is 19.4 Å². The fraction of sp³-hybridized carbons (Fsp3) is 0.533. The second-order valence-electron chi connectivity index (χ2n) is 5.54. The minimum atomic E-state index is 0.699. The van der Waals surface area contributed by atoms with E-state index in [1.54, 1.807) is 4.88 Å². The van der Waals surface area contributed by atoms with E-state index in [9.17, 15) is 0 Å². The van der Waals surface area contributed by atoms with Gasteiger partial charge in [-0.3, -0.25) is 0 Å². The highest BCUT2D eigenvalue weighted by Gasteiger charge is 2.21. The summed E-state index contributed by atoms with van der Waals surface area (Å²) in [7, 11) is 0. The molecule has 19 heavy (non-hydrogen) atoms. The van der Waals surface area contributed by atoms with Gasteiger partial charge in [-0.25, -0.2) is 4.98 Å². The zero-order chi connectivity index (χ0) is 12.7. The number of fused-ring (bicyclic) bond motifs is 1. The Morgan fingerprint density at radius 1 is 1.32 bits per heavy atom. The molecule has 2 aliphatic rings. The molecule has 3 nitrogen and oxygen atoms in total. The first-order valence-corrected chi connectivity index (χ1v) is 8.00. The van der Waals surface area contributed by atoms with E-state index in [0.717, 1.165) is 18.2 Å². The molecule has 0 radical (unpaired) electrons. The predicted molar refractivity (Wildman–Crippen MR) is 76.3 cm³/mol. The first-order valence-electron chi connectivity index (χ1n) is 7.18. The summed E-state index contributed by atoms with van der Waals surface area (Å²) in [4.78, 5) is 7.17. The molecule has 1 saturated carbocycles. The fourth-order valence-corrected chi connectivity index (χ4v) is 3.84. The van der Waals surface area contributed by atoms with Gasteiger partial charge in [-0.1, -0.05) is 0 Å². The van der Waals surface area contributed by atoms with Crippen LogP contribution in [0.2, 0.25) is 0 Å². The molecule has 0 spiro atoms. The number of hydrogen-bond donors (Lipinski definition) is 1. The van der Waals surface area contributed by atoms with Crippen LogP contribution in [0.4, 0.5) is 0 Å². The van der Waals surface area contributed by atoms with E-state index in [4.69, 9.17) is 4.42 Å². The average Bonchev–Trinajstić information content (AvgIpc) is 2.99. The first-order chi connectivity index (χ1) is 9.38. The van der Waals surface area contributed by atoms with Crippen LogP contribution in [-0.4, -0.2) is 11.0 Å². The third-order valence-corrected chi connectivity index (χ3v) is 5.16. The van der Waals surface area contributed by atoms with Gasteiger partial charge < -0.3 is 9.73 Å². The van der Waals surface area contributed by atoms with Gasteiger partial charge in [0.15, 0.2) is 5.76 Å². The second-order valence-corrected chi connectivity index (χ2v) is 6.68. The van der Waals surface area contributed by atoms with Crippen LogP contribution in [0.1, 0.15) is 42.0 Å². The molecule has 0 unspecified atom stereocenters. The van der Waals surface area contributed by atoms with Crippen LogP contribution >= 0.6 is 11.3 Å². The molecule has 0 amide bonds. The molecule has 100 valence electrons. The van der Waals surface area contributed by atoms with Gasteiger partial charge in [-0.05, 0) is 50.2 Å². The molecular formula is C15H18N2OS. The lowest BCUT2D eigenvalue weighted by molar-refractivity contribution is 0.477. The van der Waals surface area contributed by atoms with Crippen LogP contribution in [0.25, 0.3) is 10.6 Å². The lowest BCUT2D eigenvalue weighted by Crippen LogP contribution is -2.15. The van der Waals surface area contributed by atoms with Crippen molar-refractivity contribution in [3.8, 4) is 10.6 Å². The highest BCUT2D eigenvalue weighted by molar-refractivity contribution is 7.15. The minimum Gasteiger partial charge on any atom is -0.438 e. The number of nitrogens with one attached hydrogen (secondary N) is 1. The van der Waals surface area contributed by atoms with Crippen molar-refractivity contribution in [2.24, 2.45) is 0 Å². The van der Waals surface area contributed by atoms with Crippen LogP contribution in [0.5, 0.6) is 0 Å². The lowest BCUT2D eigenvalue weighted by Gasteiger charge is -2.08. The summed E-state index contributed by atoms with van der Waals surface area (Å²) in [6.07, 6.45) is 9.61. The Labute approximate surface area is 117 Å². The SMILES string of the molecule is c1nc(CNC2CC2)oc1-c1cc2c(s1)CCCC2. The zero-order valence-corrected chi connectivity index (χ0v) is 11.8. The normalized spacial score (nSPS) is 18.5. The fourth-order valence-electron chi connectivity index (χ4n) is 2.64. The van der Waals surface area contributed by atoms with E-state index in [1.807, 2.05) is 17.5 Å². The molecule has 0 atom stereocenters. The summed E-state index contributed by atoms with van der Waals surface area (Å²) in [5, 5.41) is 3.43. The van der Waals surface area contributed by atoms with Crippen LogP contribution in [0, 0.1) is 0 Å². The van der Waals surface area contributed by atoms with Gasteiger partial charge >= 0.3 is 0 Å². The van der Waals surface area contributed by atoms with Crippen molar-refractivity contribution in [1.29, 1.82) is 0 Å². The van der Waals surface area contributed by atoms with Gasteiger partial charge in [0.25, 0.3) is 0 Å². The van der Waals surface area contributed by atoms with Crippen molar-refractivity contribution in [3.05, 3.63) is 28.6 Å². The summed E-state index contributed by atoms with van der Waals surface area (Å²) >= 11 is 1.88. The standard InChI is InChI=1S/C15H18N2OS/c1-2-4-13-10(3-1)7-14(19-13)12-8-17-15(18-12)9-16-11-5-6-11/h7-8,11,16H,1-6,9H2. The molecule has 2 heterocycles. The maximum atomic E-state index is 5.86. The molecule has 2 aromatic heterocycles.